The Morgan fingerprint density at radius 1 is 1.04 bits per heavy atom. The molecule has 0 atom stereocenters. The lowest BCUT2D eigenvalue weighted by molar-refractivity contribution is -0.121. The van der Waals surface area contributed by atoms with E-state index >= 15 is 0 Å². The lowest BCUT2D eigenvalue weighted by atomic mass is 10.1. The number of sulfone groups is 1. The van der Waals surface area contributed by atoms with E-state index in [1.54, 1.807) is 18.2 Å². The van der Waals surface area contributed by atoms with Gasteiger partial charge in [0.2, 0.25) is 5.91 Å². The SMILES string of the molecule is O=C(CCS(=O)(=O)c1ccc2ccccc2c1)NC1CCCC1. The van der Waals surface area contributed by atoms with E-state index in [2.05, 4.69) is 5.32 Å². The number of hydrogen-bond acceptors (Lipinski definition) is 3. The molecule has 1 aliphatic rings. The minimum atomic E-state index is -3.44. The van der Waals surface area contributed by atoms with E-state index in [-0.39, 0.29) is 29.0 Å². The number of carbonyl (C=O) groups is 1. The molecule has 0 radical (unpaired) electrons. The van der Waals surface area contributed by atoms with Gasteiger partial charge in [-0.05, 0) is 35.7 Å². The number of benzene rings is 2. The van der Waals surface area contributed by atoms with Crippen LogP contribution in [0.3, 0.4) is 0 Å². The van der Waals surface area contributed by atoms with Gasteiger partial charge in [-0.25, -0.2) is 8.42 Å². The predicted molar refractivity (Wildman–Crippen MR) is 91.0 cm³/mol. The van der Waals surface area contributed by atoms with Crippen molar-refractivity contribution >= 4 is 26.5 Å². The summed E-state index contributed by atoms with van der Waals surface area (Å²) in [5.41, 5.74) is 0. The molecule has 0 aliphatic heterocycles. The third-order valence-electron chi connectivity index (χ3n) is 4.40. The molecule has 1 aliphatic carbocycles. The van der Waals surface area contributed by atoms with Crippen LogP contribution in [0.2, 0.25) is 0 Å². The van der Waals surface area contributed by atoms with Crippen LogP contribution in [0.4, 0.5) is 0 Å². The summed E-state index contributed by atoms with van der Waals surface area (Å²) in [6.07, 6.45) is 4.30. The Bertz CT molecular complexity index is 808. The van der Waals surface area contributed by atoms with E-state index < -0.39 is 9.84 Å². The van der Waals surface area contributed by atoms with Crippen LogP contribution in [0.25, 0.3) is 10.8 Å². The summed E-state index contributed by atoms with van der Waals surface area (Å²) in [5.74, 6) is -0.314. The molecule has 3 rings (SSSR count). The molecule has 0 heterocycles. The quantitative estimate of drug-likeness (QED) is 0.916. The van der Waals surface area contributed by atoms with Gasteiger partial charge in [-0.15, -0.1) is 0 Å². The smallest absolute Gasteiger partial charge is 0.221 e. The summed E-state index contributed by atoms with van der Waals surface area (Å²) in [4.78, 5) is 12.2. The normalized spacial score (nSPS) is 15.8. The van der Waals surface area contributed by atoms with Crippen molar-refractivity contribution < 1.29 is 13.2 Å². The van der Waals surface area contributed by atoms with Gasteiger partial charge in [0.15, 0.2) is 9.84 Å². The summed E-state index contributed by atoms with van der Waals surface area (Å²) in [7, 11) is -3.44. The van der Waals surface area contributed by atoms with Crippen LogP contribution in [-0.4, -0.2) is 26.1 Å². The van der Waals surface area contributed by atoms with E-state index in [1.807, 2.05) is 24.3 Å². The molecule has 0 unspecified atom stereocenters. The molecular formula is C18H21NO3S. The first-order chi connectivity index (χ1) is 11.0. The molecule has 23 heavy (non-hydrogen) atoms. The topological polar surface area (TPSA) is 63.2 Å². The van der Waals surface area contributed by atoms with E-state index in [4.69, 9.17) is 0 Å². The molecule has 5 heteroatoms. The summed E-state index contributed by atoms with van der Waals surface area (Å²) in [6, 6.07) is 13.0. The van der Waals surface area contributed by atoms with Gasteiger partial charge < -0.3 is 5.32 Å². The highest BCUT2D eigenvalue weighted by atomic mass is 32.2. The Morgan fingerprint density at radius 3 is 2.48 bits per heavy atom. The van der Waals surface area contributed by atoms with E-state index in [0.717, 1.165) is 36.5 Å². The average molecular weight is 331 g/mol. The Balaban J connectivity index is 1.66. The lowest BCUT2D eigenvalue weighted by Gasteiger charge is -2.12. The summed E-state index contributed by atoms with van der Waals surface area (Å²) >= 11 is 0. The molecule has 2 aromatic carbocycles. The molecule has 0 bridgehead atoms. The van der Waals surface area contributed by atoms with Crippen molar-refractivity contribution in [2.45, 2.75) is 43.0 Å². The third kappa shape index (κ3) is 3.91. The van der Waals surface area contributed by atoms with Crippen molar-refractivity contribution in [3.05, 3.63) is 42.5 Å². The van der Waals surface area contributed by atoms with Crippen LogP contribution < -0.4 is 5.32 Å². The third-order valence-corrected chi connectivity index (χ3v) is 6.11. The summed E-state index contributed by atoms with van der Waals surface area (Å²) in [5, 5.41) is 4.83. The molecule has 1 saturated carbocycles. The van der Waals surface area contributed by atoms with E-state index in [0.29, 0.717) is 0 Å². The maximum Gasteiger partial charge on any atom is 0.221 e. The average Bonchev–Trinajstić information content (AvgIpc) is 3.05. The van der Waals surface area contributed by atoms with Gasteiger partial charge in [-0.2, -0.15) is 0 Å². The first kappa shape index (κ1) is 16.0. The first-order valence-corrected chi connectivity index (χ1v) is 9.71. The van der Waals surface area contributed by atoms with Crippen LogP contribution in [0, 0.1) is 0 Å². The number of fused-ring (bicyclic) bond motifs is 1. The van der Waals surface area contributed by atoms with Crippen molar-refractivity contribution in [1.82, 2.24) is 5.32 Å². The van der Waals surface area contributed by atoms with Crippen molar-refractivity contribution in [3.63, 3.8) is 0 Å². The molecule has 0 spiro atoms. The van der Waals surface area contributed by atoms with Crippen LogP contribution >= 0.6 is 0 Å². The molecular weight excluding hydrogens is 310 g/mol. The van der Waals surface area contributed by atoms with Crippen LogP contribution in [-0.2, 0) is 14.6 Å². The Hall–Kier alpha value is -1.88. The Morgan fingerprint density at radius 2 is 1.74 bits per heavy atom. The second-order valence-electron chi connectivity index (χ2n) is 6.13. The number of nitrogens with one attached hydrogen (secondary N) is 1. The second-order valence-corrected chi connectivity index (χ2v) is 8.24. The molecule has 2 aromatic rings. The van der Waals surface area contributed by atoms with Gasteiger partial charge in [0, 0.05) is 12.5 Å². The van der Waals surface area contributed by atoms with E-state index in [9.17, 15) is 13.2 Å². The Kier molecular flexibility index (Phi) is 4.66. The molecule has 0 aromatic heterocycles. The fourth-order valence-corrected chi connectivity index (χ4v) is 4.35. The van der Waals surface area contributed by atoms with Gasteiger partial charge in [0.05, 0.1) is 10.6 Å². The van der Waals surface area contributed by atoms with Crippen LogP contribution in [0.5, 0.6) is 0 Å². The second kappa shape index (κ2) is 6.71. The number of carbonyl (C=O) groups excluding carboxylic acids is 1. The zero-order valence-corrected chi connectivity index (χ0v) is 13.8. The number of hydrogen-bond donors (Lipinski definition) is 1. The molecule has 0 saturated heterocycles. The molecule has 4 nitrogen and oxygen atoms in total. The van der Waals surface area contributed by atoms with Crippen LogP contribution in [0.1, 0.15) is 32.1 Å². The van der Waals surface area contributed by atoms with Gasteiger partial charge >= 0.3 is 0 Å². The van der Waals surface area contributed by atoms with Crippen molar-refractivity contribution in [3.8, 4) is 0 Å². The fraction of sp³-hybridized carbons (Fsp3) is 0.389. The van der Waals surface area contributed by atoms with Gasteiger partial charge in [0.25, 0.3) is 0 Å². The van der Waals surface area contributed by atoms with Crippen molar-refractivity contribution in [2.24, 2.45) is 0 Å². The van der Waals surface area contributed by atoms with Gasteiger partial charge in [-0.1, -0.05) is 43.2 Å². The highest BCUT2D eigenvalue weighted by molar-refractivity contribution is 7.91. The fourth-order valence-electron chi connectivity index (χ4n) is 3.08. The zero-order chi connectivity index (χ0) is 16.3. The highest BCUT2D eigenvalue weighted by Crippen LogP contribution is 2.21. The van der Waals surface area contributed by atoms with Gasteiger partial charge in [0.1, 0.15) is 0 Å². The first-order valence-electron chi connectivity index (χ1n) is 8.05. The molecule has 1 fully saturated rings. The molecule has 122 valence electrons. The van der Waals surface area contributed by atoms with Crippen LogP contribution in [0.15, 0.2) is 47.4 Å². The largest absolute Gasteiger partial charge is 0.353 e. The van der Waals surface area contributed by atoms with E-state index in [1.165, 1.54) is 0 Å². The molecule has 1 N–H and O–H groups in total. The van der Waals surface area contributed by atoms with Crippen molar-refractivity contribution in [1.29, 1.82) is 0 Å². The maximum absolute atomic E-state index is 12.4. The van der Waals surface area contributed by atoms with Crippen molar-refractivity contribution in [2.75, 3.05) is 5.75 Å². The Labute approximate surface area is 136 Å². The standard InChI is InChI=1S/C18H21NO3S/c20-18(19-16-7-3-4-8-16)11-12-23(21,22)17-10-9-14-5-1-2-6-15(14)13-17/h1-2,5-6,9-10,13,16H,3-4,7-8,11-12H2,(H,19,20). The highest BCUT2D eigenvalue weighted by Gasteiger charge is 2.20. The summed E-state index contributed by atoms with van der Waals surface area (Å²) < 4.78 is 24.9. The lowest BCUT2D eigenvalue weighted by Crippen LogP contribution is -2.33. The minimum Gasteiger partial charge on any atom is -0.353 e. The molecule has 1 amide bonds. The minimum absolute atomic E-state index is 0.0195. The monoisotopic (exact) mass is 331 g/mol. The number of rotatable bonds is 5. The predicted octanol–water partition coefficient (Wildman–Crippen LogP) is 3.06. The summed E-state index contributed by atoms with van der Waals surface area (Å²) in [6.45, 7) is 0. The zero-order valence-electron chi connectivity index (χ0n) is 13.0. The van der Waals surface area contributed by atoms with Gasteiger partial charge in [-0.3, -0.25) is 4.79 Å². The number of amides is 1. The maximum atomic E-state index is 12.4.